The molecule has 1 fully saturated rings. The number of hydrogen-bond acceptors (Lipinski definition) is 3. The van der Waals surface area contributed by atoms with E-state index in [1.54, 1.807) is 0 Å². The van der Waals surface area contributed by atoms with Crippen molar-refractivity contribution in [2.75, 3.05) is 13.2 Å². The van der Waals surface area contributed by atoms with Crippen LogP contribution in [0, 0.1) is 6.92 Å². The molecule has 3 atom stereocenters. The Hall–Kier alpha value is -1.06. The summed E-state index contributed by atoms with van der Waals surface area (Å²) in [4.78, 5) is 0. The number of aryl methyl sites for hydroxylation is 1. The molecule has 106 valence electrons. The number of benzene rings is 1. The van der Waals surface area contributed by atoms with Gasteiger partial charge in [-0.05, 0) is 38.9 Å². The lowest BCUT2D eigenvalue weighted by atomic mass is 9.85. The Labute approximate surface area is 116 Å². The van der Waals surface area contributed by atoms with Gasteiger partial charge in [-0.15, -0.1) is 0 Å². The SMILES string of the molecule is CCCNC1CC(Oc2ccc(C)cc2)C1OCC. The van der Waals surface area contributed by atoms with Gasteiger partial charge >= 0.3 is 0 Å². The highest BCUT2D eigenvalue weighted by atomic mass is 16.5. The highest BCUT2D eigenvalue weighted by molar-refractivity contribution is 5.27. The summed E-state index contributed by atoms with van der Waals surface area (Å²) in [5.41, 5.74) is 1.25. The fourth-order valence-corrected chi connectivity index (χ4v) is 2.43. The lowest BCUT2D eigenvalue weighted by Gasteiger charge is -2.44. The van der Waals surface area contributed by atoms with E-state index < -0.39 is 0 Å². The standard InChI is InChI=1S/C16H25NO2/c1-4-10-17-14-11-15(16(14)18-5-2)19-13-8-6-12(3)7-9-13/h6-9,14-17H,4-5,10-11H2,1-3H3. The molecule has 0 heterocycles. The fraction of sp³-hybridized carbons (Fsp3) is 0.625. The molecule has 1 saturated carbocycles. The molecule has 1 aromatic rings. The molecule has 0 bridgehead atoms. The molecule has 0 spiro atoms. The molecular weight excluding hydrogens is 238 g/mol. The van der Waals surface area contributed by atoms with E-state index in [1.807, 2.05) is 19.1 Å². The molecule has 1 aromatic carbocycles. The monoisotopic (exact) mass is 263 g/mol. The first-order valence-corrected chi connectivity index (χ1v) is 7.33. The first kappa shape index (κ1) is 14.4. The number of nitrogens with one attached hydrogen (secondary N) is 1. The van der Waals surface area contributed by atoms with E-state index in [-0.39, 0.29) is 12.2 Å². The van der Waals surface area contributed by atoms with Crippen molar-refractivity contribution in [1.82, 2.24) is 5.32 Å². The second-order valence-corrected chi connectivity index (χ2v) is 5.19. The zero-order chi connectivity index (χ0) is 13.7. The summed E-state index contributed by atoms with van der Waals surface area (Å²) in [6, 6.07) is 8.67. The summed E-state index contributed by atoms with van der Waals surface area (Å²) in [6.07, 6.45) is 2.53. The summed E-state index contributed by atoms with van der Waals surface area (Å²) in [7, 11) is 0. The highest BCUT2D eigenvalue weighted by Crippen LogP contribution is 2.29. The van der Waals surface area contributed by atoms with Gasteiger partial charge in [-0.1, -0.05) is 24.6 Å². The first-order valence-electron chi connectivity index (χ1n) is 7.33. The predicted octanol–water partition coefficient (Wildman–Crippen LogP) is 2.92. The average Bonchev–Trinajstić information content (AvgIpc) is 2.41. The van der Waals surface area contributed by atoms with E-state index in [9.17, 15) is 0 Å². The molecule has 0 aromatic heterocycles. The van der Waals surface area contributed by atoms with Crippen LogP contribution in [0.15, 0.2) is 24.3 Å². The van der Waals surface area contributed by atoms with Crippen molar-refractivity contribution in [2.45, 2.75) is 51.9 Å². The van der Waals surface area contributed by atoms with Crippen molar-refractivity contribution < 1.29 is 9.47 Å². The predicted molar refractivity (Wildman–Crippen MR) is 77.7 cm³/mol. The molecule has 1 N–H and O–H groups in total. The molecule has 2 rings (SSSR count). The van der Waals surface area contributed by atoms with Crippen LogP contribution in [-0.2, 0) is 4.74 Å². The van der Waals surface area contributed by atoms with Crippen LogP contribution in [0.5, 0.6) is 5.75 Å². The van der Waals surface area contributed by atoms with Crippen LogP contribution >= 0.6 is 0 Å². The second kappa shape index (κ2) is 6.92. The summed E-state index contributed by atoms with van der Waals surface area (Å²) >= 11 is 0. The van der Waals surface area contributed by atoms with E-state index in [4.69, 9.17) is 9.47 Å². The van der Waals surface area contributed by atoms with E-state index in [2.05, 4.69) is 31.3 Å². The van der Waals surface area contributed by atoms with Gasteiger partial charge in [0.05, 0.1) is 0 Å². The molecule has 3 unspecified atom stereocenters. The van der Waals surface area contributed by atoms with Crippen LogP contribution in [0.4, 0.5) is 0 Å². The Bertz CT molecular complexity index is 377. The molecular formula is C16H25NO2. The van der Waals surface area contributed by atoms with Crippen molar-refractivity contribution >= 4 is 0 Å². The van der Waals surface area contributed by atoms with Crippen molar-refractivity contribution in [3.63, 3.8) is 0 Å². The number of hydrogen-bond donors (Lipinski definition) is 1. The summed E-state index contributed by atoms with van der Waals surface area (Å²) in [5, 5.41) is 3.52. The van der Waals surface area contributed by atoms with Gasteiger partial charge in [0.15, 0.2) is 0 Å². The van der Waals surface area contributed by atoms with Crippen LogP contribution in [0.3, 0.4) is 0 Å². The Morgan fingerprint density at radius 2 is 1.95 bits per heavy atom. The van der Waals surface area contributed by atoms with Crippen molar-refractivity contribution in [1.29, 1.82) is 0 Å². The molecule has 3 heteroatoms. The summed E-state index contributed by atoms with van der Waals surface area (Å²) < 4.78 is 11.8. The van der Waals surface area contributed by atoms with E-state index in [1.165, 1.54) is 5.56 Å². The van der Waals surface area contributed by atoms with Gasteiger partial charge < -0.3 is 14.8 Å². The topological polar surface area (TPSA) is 30.5 Å². The number of ether oxygens (including phenoxy) is 2. The summed E-state index contributed by atoms with van der Waals surface area (Å²) in [5.74, 6) is 0.939. The third-order valence-corrected chi connectivity index (χ3v) is 3.57. The minimum atomic E-state index is 0.178. The van der Waals surface area contributed by atoms with Crippen molar-refractivity contribution in [2.24, 2.45) is 0 Å². The Morgan fingerprint density at radius 1 is 1.21 bits per heavy atom. The van der Waals surface area contributed by atoms with Gasteiger partial charge in [-0.2, -0.15) is 0 Å². The average molecular weight is 263 g/mol. The van der Waals surface area contributed by atoms with Gasteiger partial charge in [0.25, 0.3) is 0 Å². The Balaban J connectivity index is 1.88. The molecule has 0 saturated heterocycles. The zero-order valence-corrected chi connectivity index (χ0v) is 12.2. The smallest absolute Gasteiger partial charge is 0.128 e. The van der Waals surface area contributed by atoms with Crippen LogP contribution in [0.25, 0.3) is 0 Å². The van der Waals surface area contributed by atoms with Crippen LogP contribution < -0.4 is 10.1 Å². The minimum Gasteiger partial charge on any atom is -0.488 e. The van der Waals surface area contributed by atoms with Crippen molar-refractivity contribution in [3.05, 3.63) is 29.8 Å². The molecule has 1 aliphatic carbocycles. The maximum atomic E-state index is 6.02. The van der Waals surface area contributed by atoms with Gasteiger partial charge in [-0.25, -0.2) is 0 Å². The van der Waals surface area contributed by atoms with Crippen LogP contribution in [-0.4, -0.2) is 31.4 Å². The first-order chi connectivity index (χ1) is 9.24. The molecule has 19 heavy (non-hydrogen) atoms. The van der Waals surface area contributed by atoms with E-state index >= 15 is 0 Å². The van der Waals surface area contributed by atoms with Gasteiger partial charge in [0.1, 0.15) is 18.0 Å². The molecule has 3 nitrogen and oxygen atoms in total. The van der Waals surface area contributed by atoms with E-state index in [0.29, 0.717) is 6.04 Å². The molecule has 0 amide bonds. The maximum Gasteiger partial charge on any atom is 0.128 e. The number of rotatable bonds is 7. The van der Waals surface area contributed by atoms with Crippen LogP contribution in [0.1, 0.15) is 32.3 Å². The quantitative estimate of drug-likeness (QED) is 0.820. The zero-order valence-electron chi connectivity index (χ0n) is 12.2. The minimum absolute atomic E-state index is 0.178. The van der Waals surface area contributed by atoms with Crippen molar-refractivity contribution in [3.8, 4) is 5.75 Å². The molecule has 0 aliphatic heterocycles. The maximum absolute atomic E-state index is 6.02. The fourth-order valence-electron chi connectivity index (χ4n) is 2.43. The Kier molecular flexibility index (Phi) is 5.23. The normalized spacial score (nSPS) is 25.9. The highest BCUT2D eigenvalue weighted by Gasteiger charge is 2.43. The Morgan fingerprint density at radius 3 is 2.58 bits per heavy atom. The van der Waals surface area contributed by atoms with Crippen LogP contribution in [0.2, 0.25) is 0 Å². The lowest BCUT2D eigenvalue weighted by molar-refractivity contribution is -0.104. The summed E-state index contributed by atoms with van der Waals surface area (Å²) in [6.45, 7) is 8.09. The third kappa shape index (κ3) is 3.71. The second-order valence-electron chi connectivity index (χ2n) is 5.19. The third-order valence-electron chi connectivity index (χ3n) is 3.57. The molecule has 1 aliphatic rings. The van der Waals surface area contributed by atoms with Gasteiger partial charge in [-0.3, -0.25) is 0 Å². The van der Waals surface area contributed by atoms with Gasteiger partial charge in [0.2, 0.25) is 0 Å². The molecule has 0 radical (unpaired) electrons. The lowest BCUT2D eigenvalue weighted by Crippen LogP contribution is -2.61. The van der Waals surface area contributed by atoms with Gasteiger partial charge in [0, 0.05) is 19.1 Å². The largest absolute Gasteiger partial charge is 0.488 e. The van der Waals surface area contributed by atoms with E-state index in [0.717, 1.165) is 31.7 Å².